The SMILES string of the molecule is CCCCN(CCCC)C(C)Oc1ccc(/C=C/c2nc3ccccc3o2)cc1. The molecule has 0 N–H and O–H groups in total. The van der Waals surface area contributed by atoms with Gasteiger partial charge in [-0.2, -0.15) is 0 Å². The van der Waals surface area contributed by atoms with Crippen LogP contribution >= 0.6 is 0 Å². The fourth-order valence-electron chi connectivity index (χ4n) is 3.26. The average molecular weight is 393 g/mol. The van der Waals surface area contributed by atoms with E-state index < -0.39 is 0 Å². The lowest BCUT2D eigenvalue weighted by atomic mass is 10.2. The number of unbranched alkanes of at least 4 members (excludes halogenated alkanes) is 2. The Morgan fingerprint density at radius 2 is 1.66 bits per heavy atom. The number of nitrogens with zero attached hydrogens (tertiary/aromatic N) is 2. The normalized spacial score (nSPS) is 12.8. The van der Waals surface area contributed by atoms with E-state index in [4.69, 9.17) is 9.15 Å². The molecule has 3 rings (SSSR count). The number of ether oxygens (including phenoxy) is 1. The molecule has 4 heteroatoms. The molecular formula is C25H32N2O2. The summed E-state index contributed by atoms with van der Waals surface area (Å²) in [6.45, 7) is 8.78. The van der Waals surface area contributed by atoms with Gasteiger partial charge in [0.05, 0.1) is 0 Å². The smallest absolute Gasteiger partial charge is 0.220 e. The molecule has 29 heavy (non-hydrogen) atoms. The van der Waals surface area contributed by atoms with Gasteiger partial charge in [0.2, 0.25) is 5.89 Å². The number of hydrogen-bond donors (Lipinski definition) is 0. The molecule has 1 unspecified atom stereocenters. The Labute approximate surface area is 174 Å². The molecule has 0 spiro atoms. The molecule has 1 heterocycles. The predicted octanol–water partition coefficient (Wildman–Crippen LogP) is 6.63. The van der Waals surface area contributed by atoms with Crippen LogP contribution in [-0.4, -0.2) is 29.2 Å². The zero-order valence-electron chi connectivity index (χ0n) is 17.8. The first kappa shape index (κ1) is 21.1. The molecule has 0 amide bonds. The van der Waals surface area contributed by atoms with E-state index in [0.717, 1.165) is 35.5 Å². The summed E-state index contributed by atoms with van der Waals surface area (Å²) in [6.07, 6.45) is 8.80. The third-order valence-corrected chi connectivity index (χ3v) is 5.03. The molecule has 1 aromatic heterocycles. The molecule has 0 bridgehead atoms. The van der Waals surface area contributed by atoms with Crippen molar-refractivity contribution >= 4 is 23.3 Å². The van der Waals surface area contributed by atoms with Crippen LogP contribution in [0.3, 0.4) is 0 Å². The van der Waals surface area contributed by atoms with E-state index in [1.807, 2.05) is 48.6 Å². The van der Waals surface area contributed by atoms with Gasteiger partial charge in [0.25, 0.3) is 0 Å². The number of rotatable bonds is 11. The molecule has 0 saturated heterocycles. The van der Waals surface area contributed by atoms with E-state index in [1.165, 1.54) is 25.7 Å². The molecule has 0 saturated carbocycles. The van der Waals surface area contributed by atoms with E-state index in [2.05, 4.69) is 42.8 Å². The maximum atomic E-state index is 6.20. The summed E-state index contributed by atoms with van der Waals surface area (Å²) in [5.41, 5.74) is 2.77. The zero-order valence-corrected chi connectivity index (χ0v) is 17.8. The minimum Gasteiger partial charge on any atom is -0.475 e. The van der Waals surface area contributed by atoms with Crippen LogP contribution in [0.2, 0.25) is 0 Å². The van der Waals surface area contributed by atoms with Crippen LogP contribution in [0.15, 0.2) is 52.9 Å². The van der Waals surface area contributed by atoms with E-state index in [9.17, 15) is 0 Å². The van der Waals surface area contributed by atoms with Gasteiger partial charge >= 0.3 is 0 Å². The second-order valence-corrected chi connectivity index (χ2v) is 7.38. The Balaban J connectivity index is 1.59. The maximum Gasteiger partial charge on any atom is 0.220 e. The monoisotopic (exact) mass is 392 g/mol. The van der Waals surface area contributed by atoms with Crippen molar-refractivity contribution in [3.05, 3.63) is 60.0 Å². The van der Waals surface area contributed by atoms with E-state index in [0.29, 0.717) is 5.89 Å². The summed E-state index contributed by atoms with van der Waals surface area (Å²) in [5, 5.41) is 0. The van der Waals surface area contributed by atoms with Crippen molar-refractivity contribution in [2.24, 2.45) is 0 Å². The number of benzene rings is 2. The van der Waals surface area contributed by atoms with Crippen LogP contribution in [0.5, 0.6) is 5.75 Å². The fourth-order valence-corrected chi connectivity index (χ4v) is 3.26. The third-order valence-electron chi connectivity index (χ3n) is 5.03. The van der Waals surface area contributed by atoms with Gasteiger partial charge in [-0.1, -0.05) is 51.0 Å². The molecule has 0 aliphatic carbocycles. The quantitative estimate of drug-likeness (QED) is 0.343. The van der Waals surface area contributed by atoms with Crippen molar-refractivity contribution in [2.75, 3.05) is 13.1 Å². The molecule has 0 aliphatic heterocycles. The lowest BCUT2D eigenvalue weighted by Gasteiger charge is -2.29. The van der Waals surface area contributed by atoms with Gasteiger partial charge in [-0.25, -0.2) is 4.98 Å². The van der Waals surface area contributed by atoms with Gasteiger partial charge in [0.15, 0.2) is 5.58 Å². The van der Waals surface area contributed by atoms with Crippen molar-refractivity contribution in [1.29, 1.82) is 0 Å². The summed E-state index contributed by atoms with van der Waals surface area (Å²) >= 11 is 0. The summed E-state index contributed by atoms with van der Waals surface area (Å²) < 4.78 is 11.9. The third kappa shape index (κ3) is 6.20. The molecule has 1 atom stereocenters. The number of hydrogen-bond acceptors (Lipinski definition) is 4. The second kappa shape index (κ2) is 10.8. The lowest BCUT2D eigenvalue weighted by Crippen LogP contribution is -2.38. The van der Waals surface area contributed by atoms with Crippen LogP contribution < -0.4 is 4.74 Å². The van der Waals surface area contributed by atoms with Gasteiger partial charge in [-0.15, -0.1) is 0 Å². The molecule has 0 fully saturated rings. The highest BCUT2D eigenvalue weighted by Gasteiger charge is 2.14. The highest BCUT2D eigenvalue weighted by Crippen LogP contribution is 2.19. The Morgan fingerprint density at radius 3 is 2.31 bits per heavy atom. The second-order valence-electron chi connectivity index (χ2n) is 7.38. The van der Waals surface area contributed by atoms with Crippen molar-refractivity contribution in [2.45, 2.75) is 52.7 Å². The Kier molecular flexibility index (Phi) is 7.88. The first-order valence-electron chi connectivity index (χ1n) is 10.7. The fraction of sp³-hybridized carbons (Fsp3) is 0.400. The zero-order chi connectivity index (χ0) is 20.5. The average Bonchev–Trinajstić information content (AvgIpc) is 3.16. The largest absolute Gasteiger partial charge is 0.475 e. The van der Waals surface area contributed by atoms with Gasteiger partial charge in [0.1, 0.15) is 17.5 Å². The maximum absolute atomic E-state index is 6.20. The highest BCUT2D eigenvalue weighted by atomic mass is 16.5. The number of aromatic nitrogens is 1. The van der Waals surface area contributed by atoms with Crippen LogP contribution in [-0.2, 0) is 0 Å². The highest BCUT2D eigenvalue weighted by molar-refractivity contribution is 5.75. The van der Waals surface area contributed by atoms with E-state index in [1.54, 1.807) is 0 Å². The number of fused-ring (bicyclic) bond motifs is 1. The first-order chi connectivity index (χ1) is 14.2. The standard InChI is InChI=1S/C25H32N2O2/c1-4-6-18-27(19-7-5-2)20(3)28-22-15-12-21(13-16-22)14-17-25-26-23-10-8-9-11-24(23)29-25/h8-17,20H,4-7,18-19H2,1-3H3/b17-14+. The molecule has 0 aliphatic rings. The van der Waals surface area contributed by atoms with Crippen LogP contribution in [0, 0.1) is 0 Å². The Bertz CT molecular complexity index is 858. The minimum absolute atomic E-state index is 0.0780. The van der Waals surface area contributed by atoms with Gasteiger partial charge in [-0.3, -0.25) is 4.90 Å². The van der Waals surface area contributed by atoms with Crippen molar-refractivity contribution in [3.63, 3.8) is 0 Å². The molecule has 154 valence electrons. The van der Waals surface area contributed by atoms with Gasteiger partial charge in [-0.05, 0) is 55.7 Å². The molecule has 2 aromatic carbocycles. The predicted molar refractivity (Wildman–Crippen MR) is 121 cm³/mol. The lowest BCUT2D eigenvalue weighted by molar-refractivity contribution is 0.0375. The first-order valence-corrected chi connectivity index (χ1v) is 10.7. The summed E-state index contributed by atoms with van der Waals surface area (Å²) in [5.74, 6) is 1.51. The summed E-state index contributed by atoms with van der Waals surface area (Å²) in [4.78, 5) is 6.91. The Morgan fingerprint density at radius 1 is 0.966 bits per heavy atom. The van der Waals surface area contributed by atoms with Crippen LogP contribution in [0.4, 0.5) is 0 Å². The molecular weight excluding hydrogens is 360 g/mol. The van der Waals surface area contributed by atoms with Crippen molar-refractivity contribution < 1.29 is 9.15 Å². The van der Waals surface area contributed by atoms with E-state index in [-0.39, 0.29) is 6.23 Å². The Hall–Kier alpha value is -2.59. The van der Waals surface area contributed by atoms with Crippen molar-refractivity contribution in [3.8, 4) is 5.75 Å². The van der Waals surface area contributed by atoms with E-state index >= 15 is 0 Å². The minimum atomic E-state index is 0.0780. The van der Waals surface area contributed by atoms with Crippen LogP contribution in [0.1, 0.15) is 57.9 Å². The summed E-state index contributed by atoms with van der Waals surface area (Å²) in [7, 11) is 0. The molecule has 3 aromatic rings. The number of para-hydroxylation sites is 2. The topological polar surface area (TPSA) is 38.5 Å². The van der Waals surface area contributed by atoms with Crippen molar-refractivity contribution in [1.82, 2.24) is 9.88 Å². The molecule has 0 radical (unpaired) electrons. The molecule has 4 nitrogen and oxygen atoms in total. The number of oxazole rings is 1. The van der Waals surface area contributed by atoms with Gasteiger partial charge < -0.3 is 9.15 Å². The summed E-state index contributed by atoms with van der Waals surface area (Å²) in [6, 6.07) is 16.0. The van der Waals surface area contributed by atoms with Crippen LogP contribution in [0.25, 0.3) is 23.3 Å². The van der Waals surface area contributed by atoms with Gasteiger partial charge in [0, 0.05) is 19.2 Å².